The van der Waals surface area contributed by atoms with Crippen molar-refractivity contribution < 1.29 is 9.31 Å². The van der Waals surface area contributed by atoms with Crippen LogP contribution in [-0.2, 0) is 0 Å². The summed E-state index contributed by atoms with van der Waals surface area (Å²) in [6, 6.07) is 10.8. The van der Waals surface area contributed by atoms with Crippen molar-refractivity contribution in [3.63, 3.8) is 0 Å². The average Bonchev–Trinajstić information content (AvgIpc) is 2.46. The SMILES string of the molecule is CNc1cc(N(C)c2ccccc2F)cc([N+](=O)[O-])c1. The molecule has 1 N–H and O–H groups in total. The molecule has 6 heteroatoms. The van der Waals surface area contributed by atoms with Crippen LogP contribution in [0.25, 0.3) is 0 Å². The van der Waals surface area contributed by atoms with Gasteiger partial charge in [-0.2, -0.15) is 0 Å². The van der Waals surface area contributed by atoms with Gasteiger partial charge in [-0.3, -0.25) is 10.1 Å². The average molecular weight is 275 g/mol. The number of non-ortho nitro benzene ring substituents is 1. The normalized spacial score (nSPS) is 10.2. The Morgan fingerprint density at radius 2 is 1.95 bits per heavy atom. The van der Waals surface area contributed by atoms with E-state index in [0.717, 1.165) is 0 Å². The van der Waals surface area contributed by atoms with Crippen LogP contribution in [0.15, 0.2) is 42.5 Å². The predicted molar refractivity (Wildman–Crippen MR) is 77.1 cm³/mol. The molecule has 104 valence electrons. The number of nitro groups is 1. The van der Waals surface area contributed by atoms with E-state index in [2.05, 4.69) is 5.32 Å². The number of rotatable bonds is 4. The van der Waals surface area contributed by atoms with Gasteiger partial charge in [0.15, 0.2) is 0 Å². The maximum absolute atomic E-state index is 13.8. The quantitative estimate of drug-likeness (QED) is 0.685. The molecule has 2 rings (SSSR count). The third-order valence-corrected chi connectivity index (χ3v) is 3.00. The van der Waals surface area contributed by atoms with Gasteiger partial charge >= 0.3 is 0 Å². The van der Waals surface area contributed by atoms with Crippen molar-refractivity contribution in [2.24, 2.45) is 0 Å². The molecule has 0 aromatic heterocycles. The van der Waals surface area contributed by atoms with Crippen LogP contribution in [0.4, 0.5) is 27.1 Å². The minimum absolute atomic E-state index is 0.0463. The van der Waals surface area contributed by atoms with Gasteiger partial charge < -0.3 is 10.2 Å². The molecule has 0 fully saturated rings. The Kier molecular flexibility index (Phi) is 3.84. The van der Waals surface area contributed by atoms with Gasteiger partial charge in [0.1, 0.15) is 5.82 Å². The van der Waals surface area contributed by atoms with Gasteiger partial charge in [0.05, 0.1) is 10.6 Å². The molecular weight excluding hydrogens is 261 g/mol. The zero-order chi connectivity index (χ0) is 14.7. The Morgan fingerprint density at radius 1 is 1.25 bits per heavy atom. The summed E-state index contributed by atoms with van der Waals surface area (Å²) in [7, 11) is 3.34. The Labute approximate surface area is 115 Å². The number of anilines is 3. The Balaban J connectivity index is 2.49. The lowest BCUT2D eigenvalue weighted by Crippen LogP contribution is -2.11. The van der Waals surface area contributed by atoms with E-state index >= 15 is 0 Å². The molecule has 5 nitrogen and oxygen atoms in total. The highest BCUT2D eigenvalue weighted by atomic mass is 19.1. The highest BCUT2D eigenvalue weighted by molar-refractivity contribution is 5.70. The van der Waals surface area contributed by atoms with E-state index < -0.39 is 4.92 Å². The number of halogens is 1. The summed E-state index contributed by atoms with van der Waals surface area (Å²) >= 11 is 0. The minimum atomic E-state index is -0.473. The zero-order valence-electron chi connectivity index (χ0n) is 11.1. The maximum atomic E-state index is 13.8. The molecule has 0 radical (unpaired) electrons. The van der Waals surface area contributed by atoms with Crippen LogP contribution in [0.5, 0.6) is 0 Å². The fourth-order valence-electron chi connectivity index (χ4n) is 1.90. The van der Waals surface area contributed by atoms with Crippen molar-refractivity contribution in [2.45, 2.75) is 0 Å². The first-order valence-corrected chi connectivity index (χ1v) is 5.98. The molecule has 0 spiro atoms. The third-order valence-electron chi connectivity index (χ3n) is 3.00. The van der Waals surface area contributed by atoms with Gasteiger partial charge in [0, 0.05) is 37.6 Å². The van der Waals surface area contributed by atoms with E-state index in [4.69, 9.17) is 0 Å². The molecular formula is C14H14FN3O2. The number of para-hydroxylation sites is 1. The lowest BCUT2D eigenvalue weighted by Gasteiger charge is -2.20. The minimum Gasteiger partial charge on any atom is -0.388 e. The monoisotopic (exact) mass is 275 g/mol. The number of hydrogen-bond donors (Lipinski definition) is 1. The summed E-state index contributed by atoms with van der Waals surface area (Å²) in [4.78, 5) is 12.0. The molecule has 0 atom stereocenters. The van der Waals surface area contributed by atoms with E-state index in [1.54, 1.807) is 43.3 Å². The van der Waals surface area contributed by atoms with Crippen LogP contribution in [-0.4, -0.2) is 19.0 Å². The Hall–Kier alpha value is -2.63. The largest absolute Gasteiger partial charge is 0.388 e. The van der Waals surface area contributed by atoms with E-state index in [0.29, 0.717) is 17.1 Å². The molecule has 20 heavy (non-hydrogen) atoms. The second-order valence-corrected chi connectivity index (χ2v) is 4.26. The molecule has 0 saturated heterocycles. The summed E-state index contributed by atoms with van der Waals surface area (Å²) in [5, 5.41) is 13.8. The van der Waals surface area contributed by atoms with Crippen molar-refractivity contribution in [3.8, 4) is 0 Å². The van der Waals surface area contributed by atoms with E-state index in [1.165, 1.54) is 18.2 Å². The van der Waals surface area contributed by atoms with Crippen LogP contribution >= 0.6 is 0 Å². The van der Waals surface area contributed by atoms with Gasteiger partial charge in [-0.1, -0.05) is 12.1 Å². The number of nitro benzene ring substituents is 1. The van der Waals surface area contributed by atoms with E-state index in [1.807, 2.05) is 0 Å². The molecule has 0 saturated carbocycles. The van der Waals surface area contributed by atoms with Gasteiger partial charge in [0.25, 0.3) is 5.69 Å². The Bertz CT molecular complexity index is 646. The number of nitrogens with zero attached hydrogens (tertiary/aromatic N) is 2. The summed E-state index contributed by atoms with van der Waals surface area (Å²) < 4.78 is 13.8. The molecule has 0 amide bonds. The van der Waals surface area contributed by atoms with Crippen molar-refractivity contribution in [3.05, 3.63) is 58.4 Å². The van der Waals surface area contributed by atoms with Crippen molar-refractivity contribution in [1.82, 2.24) is 0 Å². The molecule has 0 aliphatic carbocycles. The lowest BCUT2D eigenvalue weighted by molar-refractivity contribution is -0.384. The summed E-state index contributed by atoms with van der Waals surface area (Å²) in [5.74, 6) is -0.382. The van der Waals surface area contributed by atoms with Gasteiger partial charge in [0.2, 0.25) is 0 Å². The van der Waals surface area contributed by atoms with E-state index in [-0.39, 0.29) is 11.5 Å². The first-order chi connectivity index (χ1) is 9.52. The van der Waals surface area contributed by atoms with Crippen LogP contribution in [0.1, 0.15) is 0 Å². The van der Waals surface area contributed by atoms with Crippen LogP contribution < -0.4 is 10.2 Å². The molecule has 0 heterocycles. The van der Waals surface area contributed by atoms with E-state index in [9.17, 15) is 14.5 Å². The highest BCUT2D eigenvalue weighted by Crippen LogP contribution is 2.31. The Morgan fingerprint density at radius 3 is 2.55 bits per heavy atom. The second kappa shape index (κ2) is 5.56. The number of benzene rings is 2. The number of hydrogen-bond acceptors (Lipinski definition) is 4. The van der Waals surface area contributed by atoms with Crippen molar-refractivity contribution in [2.75, 3.05) is 24.3 Å². The molecule has 0 aliphatic heterocycles. The topological polar surface area (TPSA) is 58.4 Å². The summed E-state index contributed by atoms with van der Waals surface area (Å²) in [5.41, 5.74) is 1.44. The van der Waals surface area contributed by atoms with Gasteiger partial charge in [-0.05, 0) is 18.2 Å². The first-order valence-electron chi connectivity index (χ1n) is 5.98. The molecule has 2 aromatic rings. The van der Waals surface area contributed by atoms with Crippen molar-refractivity contribution >= 4 is 22.7 Å². The zero-order valence-corrected chi connectivity index (χ0v) is 11.1. The highest BCUT2D eigenvalue weighted by Gasteiger charge is 2.14. The lowest BCUT2D eigenvalue weighted by atomic mass is 10.2. The van der Waals surface area contributed by atoms with Crippen molar-refractivity contribution in [1.29, 1.82) is 0 Å². The predicted octanol–water partition coefficient (Wildman–Crippen LogP) is 3.54. The van der Waals surface area contributed by atoms with Crippen LogP contribution in [0, 0.1) is 15.9 Å². The fourth-order valence-corrected chi connectivity index (χ4v) is 1.90. The van der Waals surface area contributed by atoms with Gasteiger partial charge in [-0.25, -0.2) is 4.39 Å². The third kappa shape index (κ3) is 2.69. The molecule has 0 aliphatic rings. The van der Waals surface area contributed by atoms with Crippen LogP contribution in [0.2, 0.25) is 0 Å². The first kappa shape index (κ1) is 13.8. The summed E-state index contributed by atoms with van der Waals surface area (Å²) in [6.07, 6.45) is 0. The fraction of sp³-hybridized carbons (Fsp3) is 0.143. The molecule has 2 aromatic carbocycles. The number of nitrogens with one attached hydrogen (secondary N) is 1. The van der Waals surface area contributed by atoms with Gasteiger partial charge in [-0.15, -0.1) is 0 Å². The van der Waals surface area contributed by atoms with Crippen LogP contribution in [0.3, 0.4) is 0 Å². The standard InChI is InChI=1S/C14H14FN3O2/c1-16-10-7-11(9-12(8-10)18(19)20)17(2)14-6-4-3-5-13(14)15/h3-9,16H,1-2H3. The summed E-state index contributed by atoms with van der Waals surface area (Å²) in [6.45, 7) is 0. The second-order valence-electron chi connectivity index (χ2n) is 4.26. The maximum Gasteiger partial charge on any atom is 0.273 e. The smallest absolute Gasteiger partial charge is 0.273 e. The molecule has 0 bridgehead atoms. The molecule has 0 unspecified atom stereocenters.